The van der Waals surface area contributed by atoms with E-state index in [1.165, 1.54) is 0 Å². The average Bonchev–Trinajstić information content (AvgIpc) is 2.12. The molecule has 1 fully saturated rings. The van der Waals surface area contributed by atoms with Gasteiger partial charge < -0.3 is 13.7 Å². The van der Waals surface area contributed by atoms with Gasteiger partial charge in [-0.1, -0.05) is 0 Å². The Hall–Kier alpha value is -0.610. The summed E-state index contributed by atoms with van der Waals surface area (Å²) in [6.45, 7) is 7.26. The SMILES string of the molecule is CCOC(=O)C[N+]1(C)CC[N+](C)(C)CC1. The van der Waals surface area contributed by atoms with Gasteiger partial charge in [-0.2, -0.15) is 0 Å². The average molecular weight is 216 g/mol. The van der Waals surface area contributed by atoms with Crippen LogP contribution >= 0.6 is 0 Å². The van der Waals surface area contributed by atoms with Crippen molar-refractivity contribution in [1.29, 1.82) is 0 Å². The van der Waals surface area contributed by atoms with Gasteiger partial charge >= 0.3 is 5.97 Å². The summed E-state index contributed by atoms with van der Waals surface area (Å²) in [4.78, 5) is 11.4. The van der Waals surface area contributed by atoms with E-state index in [1.807, 2.05) is 6.92 Å². The molecular weight excluding hydrogens is 192 g/mol. The van der Waals surface area contributed by atoms with E-state index < -0.39 is 0 Å². The van der Waals surface area contributed by atoms with Crippen LogP contribution in [0.4, 0.5) is 0 Å². The lowest BCUT2D eigenvalue weighted by molar-refractivity contribution is -1.00. The van der Waals surface area contributed by atoms with Gasteiger partial charge in [-0.15, -0.1) is 0 Å². The summed E-state index contributed by atoms with van der Waals surface area (Å²) in [5.41, 5.74) is 0. The van der Waals surface area contributed by atoms with Crippen LogP contribution in [0.1, 0.15) is 6.92 Å². The fourth-order valence-corrected chi connectivity index (χ4v) is 1.92. The van der Waals surface area contributed by atoms with Crippen LogP contribution in [0.3, 0.4) is 0 Å². The van der Waals surface area contributed by atoms with Crippen LogP contribution in [-0.4, -0.2) is 75.4 Å². The zero-order valence-electron chi connectivity index (χ0n) is 10.5. The number of hydrogen-bond acceptors (Lipinski definition) is 2. The quantitative estimate of drug-likeness (QED) is 0.493. The van der Waals surface area contributed by atoms with E-state index in [9.17, 15) is 4.79 Å². The molecule has 1 heterocycles. The molecule has 4 heteroatoms. The minimum Gasteiger partial charge on any atom is -0.462 e. The zero-order valence-corrected chi connectivity index (χ0v) is 10.5. The Kier molecular flexibility index (Phi) is 3.73. The van der Waals surface area contributed by atoms with Crippen LogP contribution in [0.25, 0.3) is 0 Å². The molecule has 1 saturated heterocycles. The molecule has 88 valence electrons. The van der Waals surface area contributed by atoms with Gasteiger partial charge in [0.15, 0.2) is 6.54 Å². The number of esters is 1. The second kappa shape index (κ2) is 4.49. The summed E-state index contributed by atoms with van der Waals surface area (Å²) in [5, 5.41) is 0. The van der Waals surface area contributed by atoms with E-state index in [0.717, 1.165) is 35.1 Å². The maximum Gasteiger partial charge on any atom is 0.361 e. The molecule has 0 aromatic rings. The van der Waals surface area contributed by atoms with Crippen molar-refractivity contribution in [1.82, 2.24) is 0 Å². The molecule has 0 aromatic carbocycles. The first-order chi connectivity index (χ1) is 6.87. The van der Waals surface area contributed by atoms with Gasteiger partial charge in [0.05, 0.1) is 27.7 Å². The van der Waals surface area contributed by atoms with Gasteiger partial charge in [-0.05, 0) is 6.92 Å². The smallest absolute Gasteiger partial charge is 0.361 e. The Morgan fingerprint density at radius 1 is 1.13 bits per heavy atom. The molecular formula is C11H24N2O2+2. The van der Waals surface area contributed by atoms with Crippen molar-refractivity contribution in [2.75, 3.05) is 60.5 Å². The van der Waals surface area contributed by atoms with E-state index in [0.29, 0.717) is 13.2 Å². The molecule has 0 atom stereocenters. The minimum absolute atomic E-state index is 0.0628. The van der Waals surface area contributed by atoms with Crippen molar-refractivity contribution >= 4 is 5.97 Å². The van der Waals surface area contributed by atoms with Crippen molar-refractivity contribution in [2.24, 2.45) is 0 Å². The van der Waals surface area contributed by atoms with E-state index in [1.54, 1.807) is 0 Å². The Bertz CT molecular complexity index is 229. The Balaban J connectivity index is 2.44. The predicted molar refractivity (Wildman–Crippen MR) is 59.3 cm³/mol. The lowest BCUT2D eigenvalue weighted by atomic mass is 10.2. The van der Waals surface area contributed by atoms with Crippen LogP contribution in [0.2, 0.25) is 0 Å². The summed E-state index contributed by atoms with van der Waals surface area (Å²) in [7, 11) is 6.64. The van der Waals surface area contributed by atoms with Gasteiger partial charge in [0.2, 0.25) is 0 Å². The van der Waals surface area contributed by atoms with Crippen molar-refractivity contribution in [2.45, 2.75) is 6.92 Å². The third kappa shape index (κ3) is 3.80. The largest absolute Gasteiger partial charge is 0.462 e. The summed E-state index contributed by atoms with van der Waals surface area (Å²) < 4.78 is 6.90. The zero-order chi connectivity index (χ0) is 11.5. The lowest BCUT2D eigenvalue weighted by Gasteiger charge is -2.43. The van der Waals surface area contributed by atoms with E-state index in [2.05, 4.69) is 21.1 Å². The van der Waals surface area contributed by atoms with Gasteiger partial charge in [0.25, 0.3) is 0 Å². The molecule has 0 bridgehead atoms. The van der Waals surface area contributed by atoms with Crippen molar-refractivity contribution < 1.29 is 18.5 Å². The molecule has 0 radical (unpaired) electrons. The monoisotopic (exact) mass is 216 g/mol. The normalized spacial score (nSPS) is 23.5. The molecule has 0 N–H and O–H groups in total. The number of rotatable bonds is 3. The number of ether oxygens (including phenoxy) is 1. The first kappa shape index (κ1) is 12.5. The van der Waals surface area contributed by atoms with Crippen LogP contribution in [0.15, 0.2) is 0 Å². The molecule has 1 rings (SSSR count). The molecule has 1 aliphatic heterocycles. The fraction of sp³-hybridized carbons (Fsp3) is 0.909. The molecule has 0 unspecified atom stereocenters. The Labute approximate surface area is 92.6 Å². The van der Waals surface area contributed by atoms with E-state index in [4.69, 9.17) is 4.74 Å². The van der Waals surface area contributed by atoms with Crippen LogP contribution in [0, 0.1) is 0 Å². The van der Waals surface area contributed by atoms with E-state index >= 15 is 0 Å². The predicted octanol–water partition coefficient (Wildman–Crippen LogP) is 0.0861. The van der Waals surface area contributed by atoms with Crippen LogP contribution < -0.4 is 0 Å². The Morgan fingerprint density at radius 2 is 1.67 bits per heavy atom. The molecule has 15 heavy (non-hydrogen) atoms. The van der Waals surface area contributed by atoms with Gasteiger partial charge in [-0.3, -0.25) is 0 Å². The van der Waals surface area contributed by atoms with Crippen LogP contribution in [0.5, 0.6) is 0 Å². The molecule has 0 spiro atoms. The van der Waals surface area contributed by atoms with Crippen molar-refractivity contribution in [3.63, 3.8) is 0 Å². The van der Waals surface area contributed by atoms with Crippen LogP contribution in [-0.2, 0) is 9.53 Å². The van der Waals surface area contributed by atoms with E-state index in [-0.39, 0.29) is 5.97 Å². The highest BCUT2D eigenvalue weighted by Gasteiger charge is 2.36. The number of likely N-dealkylation sites (N-methyl/N-ethyl adjacent to an activating group) is 2. The number of piperazine rings is 1. The molecule has 0 aromatic heterocycles. The molecule has 4 nitrogen and oxygen atoms in total. The highest BCUT2D eigenvalue weighted by molar-refractivity contribution is 5.70. The second-order valence-electron chi connectivity index (χ2n) is 5.41. The number of carbonyl (C=O) groups excluding carboxylic acids is 1. The van der Waals surface area contributed by atoms with Gasteiger partial charge in [-0.25, -0.2) is 4.79 Å². The summed E-state index contributed by atoms with van der Waals surface area (Å²) in [6, 6.07) is 0. The summed E-state index contributed by atoms with van der Waals surface area (Å²) >= 11 is 0. The fourth-order valence-electron chi connectivity index (χ4n) is 1.92. The number of quaternary nitrogens is 2. The second-order valence-corrected chi connectivity index (χ2v) is 5.41. The third-order valence-corrected chi connectivity index (χ3v) is 3.31. The first-order valence-corrected chi connectivity index (χ1v) is 5.68. The van der Waals surface area contributed by atoms with Gasteiger partial charge in [0, 0.05) is 0 Å². The van der Waals surface area contributed by atoms with Crippen molar-refractivity contribution in [3.05, 3.63) is 0 Å². The minimum atomic E-state index is -0.0628. The third-order valence-electron chi connectivity index (χ3n) is 3.31. The Morgan fingerprint density at radius 3 is 2.13 bits per heavy atom. The highest BCUT2D eigenvalue weighted by Crippen LogP contribution is 2.13. The molecule has 0 saturated carbocycles. The number of nitrogens with zero attached hydrogens (tertiary/aromatic N) is 2. The highest BCUT2D eigenvalue weighted by atomic mass is 16.5. The maximum absolute atomic E-state index is 11.4. The topological polar surface area (TPSA) is 26.3 Å². The molecule has 0 amide bonds. The first-order valence-electron chi connectivity index (χ1n) is 5.68. The summed E-state index contributed by atoms with van der Waals surface area (Å²) in [6.07, 6.45) is 0. The molecule has 1 aliphatic rings. The molecule has 0 aliphatic carbocycles. The number of hydrogen-bond donors (Lipinski definition) is 0. The maximum atomic E-state index is 11.4. The van der Waals surface area contributed by atoms with Gasteiger partial charge in [0.1, 0.15) is 26.2 Å². The summed E-state index contributed by atoms with van der Waals surface area (Å²) in [5.74, 6) is -0.0628. The lowest BCUT2D eigenvalue weighted by Crippen LogP contribution is -2.63. The van der Waals surface area contributed by atoms with Crippen molar-refractivity contribution in [3.8, 4) is 0 Å². The standard InChI is InChI=1S/C11H24N2O2/c1-5-15-11(14)10-13(4)8-6-12(2,3)7-9-13/h5-10H2,1-4H3/q+2. The number of carbonyl (C=O) groups is 1.